The summed E-state index contributed by atoms with van der Waals surface area (Å²) in [6.07, 6.45) is -4.14. The number of nitrogens with one attached hydrogen (secondary N) is 1. The molecule has 0 saturated carbocycles. The molecular formula is C8H14F3NS. The van der Waals surface area contributed by atoms with E-state index in [9.17, 15) is 13.2 Å². The Balaban J connectivity index is 3.49. The molecule has 0 heterocycles. The highest BCUT2D eigenvalue weighted by molar-refractivity contribution is 8.03. The third-order valence-corrected chi connectivity index (χ3v) is 2.29. The first-order valence-electron chi connectivity index (χ1n) is 3.92. The Kier molecular flexibility index (Phi) is 5.48. The third-order valence-electron chi connectivity index (χ3n) is 1.39. The lowest BCUT2D eigenvalue weighted by atomic mass is 10.3. The minimum Gasteiger partial charge on any atom is -0.306 e. The maximum Gasteiger partial charge on any atom is 0.403 e. The lowest BCUT2D eigenvalue weighted by Crippen LogP contribution is -2.40. The second kappa shape index (κ2) is 5.54. The van der Waals surface area contributed by atoms with Gasteiger partial charge in [0.2, 0.25) is 0 Å². The molecule has 1 nitrogen and oxygen atoms in total. The zero-order valence-corrected chi connectivity index (χ0v) is 8.56. The Labute approximate surface area is 80.8 Å². The average Bonchev–Trinajstić information content (AvgIpc) is 1.95. The van der Waals surface area contributed by atoms with Gasteiger partial charge >= 0.3 is 6.18 Å². The van der Waals surface area contributed by atoms with Crippen molar-refractivity contribution in [2.45, 2.75) is 26.1 Å². The molecule has 78 valence electrons. The number of thioether (sulfide) groups is 1. The van der Waals surface area contributed by atoms with Gasteiger partial charge in [-0.1, -0.05) is 6.58 Å². The van der Waals surface area contributed by atoms with Gasteiger partial charge in [0.1, 0.15) is 6.04 Å². The van der Waals surface area contributed by atoms with E-state index < -0.39 is 12.2 Å². The number of halogens is 3. The molecule has 0 radical (unpaired) electrons. The zero-order valence-electron chi connectivity index (χ0n) is 7.74. The van der Waals surface area contributed by atoms with Crippen molar-refractivity contribution in [2.75, 3.05) is 12.3 Å². The Morgan fingerprint density at radius 1 is 1.54 bits per heavy atom. The molecule has 0 aliphatic carbocycles. The molecular weight excluding hydrogens is 199 g/mol. The molecule has 0 rings (SSSR count). The van der Waals surface area contributed by atoms with Crippen LogP contribution in [0, 0.1) is 0 Å². The standard InChI is InChI=1S/C8H14F3NS/c1-6(2)13-5-4-12-7(3)8(9,10)11/h7,12H,1,4-5H2,2-3H3. The lowest BCUT2D eigenvalue weighted by Gasteiger charge is -2.16. The van der Waals surface area contributed by atoms with Crippen LogP contribution in [-0.4, -0.2) is 24.5 Å². The van der Waals surface area contributed by atoms with Crippen LogP contribution in [0.1, 0.15) is 13.8 Å². The summed E-state index contributed by atoms with van der Waals surface area (Å²) in [5.74, 6) is 0.621. The van der Waals surface area contributed by atoms with E-state index in [0.29, 0.717) is 12.3 Å². The van der Waals surface area contributed by atoms with E-state index in [4.69, 9.17) is 0 Å². The van der Waals surface area contributed by atoms with Gasteiger partial charge in [0.05, 0.1) is 0 Å². The van der Waals surface area contributed by atoms with Crippen LogP contribution in [0.25, 0.3) is 0 Å². The van der Waals surface area contributed by atoms with Crippen molar-refractivity contribution in [1.29, 1.82) is 0 Å². The molecule has 0 fully saturated rings. The van der Waals surface area contributed by atoms with Crippen LogP contribution in [0.15, 0.2) is 11.5 Å². The number of allylic oxidation sites excluding steroid dienone is 1. The van der Waals surface area contributed by atoms with Crippen molar-refractivity contribution in [3.8, 4) is 0 Å². The fourth-order valence-corrected chi connectivity index (χ4v) is 1.18. The van der Waals surface area contributed by atoms with Gasteiger partial charge in [0.25, 0.3) is 0 Å². The fraction of sp³-hybridized carbons (Fsp3) is 0.750. The van der Waals surface area contributed by atoms with E-state index >= 15 is 0 Å². The topological polar surface area (TPSA) is 12.0 Å². The smallest absolute Gasteiger partial charge is 0.306 e. The second-order valence-corrected chi connectivity index (χ2v) is 4.16. The number of rotatable bonds is 5. The van der Waals surface area contributed by atoms with Crippen molar-refractivity contribution < 1.29 is 13.2 Å². The van der Waals surface area contributed by atoms with Crippen LogP contribution in [0.2, 0.25) is 0 Å². The molecule has 0 saturated heterocycles. The van der Waals surface area contributed by atoms with Crippen LogP contribution < -0.4 is 5.32 Å². The van der Waals surface area contributed by atoms with E-state index in [-0.39, 0.29) is 0 Å². The molecule has 0 bridgehead atoms. The first-order chi connectivity index (χ1) is 5.84. The number of hydrogen-bond donors (Lipinski definition) is 1. The minimum atomic E-state index is -4.14. The molecule has 0 aliphatic rings. The van der Waals surface area contributed by atoms with Crippen LogP contribution in [0.5, 0.6) is 0 Å². The van der Waals surface area contributed by atoms with Crippen molar-refractivity contribution >= 4 is 11.8 Å². The summed E-state index contributed by atoms with van der Waals surface area (Å²) in [6, 6.07) is -1.43. The largest absolute Gasteiger partial charge is 0.403 e. The first kappa shape index (κ1) is 12.8. The van der Waals surface area contributed by atoms with Gasteiger partial charge in [-0.25, -0.2) is 0 Å². The molecule has 1 N–H and O–H groups in total. The lowest BCUT2D eigenvalue weighted by molar-refractivity contribution is -0.151. The zero-order chi connectivity index (χ0) is 10.5. The van der Waals surface area contributed by atoms with Crippen LogP contribution in [-0.2, 0) is 0 Å². The quantitative estimate of drug-likeness (QED) is 0.705. The molecule has 0 aromatic heterocycles. The molecule has 0 aliphatic heterocycles. The predicted octanol–water partition coefficient (Wildman–Crippen LogP) is 2.79. The Hall–Kier alpha value is -0.160. The normalized spacial score (nSPS) is 14.2. The van der Waals surface area contributed by atoms with Crippen molar-refractivity contribution in [3.63, 3.8) is 0 Å². The van der Waals surface area contributed by atoms with Gasteiger partial charge in [0.15, 0.2) is 0 Å². The predicted molar refractivity (Wildman–Crippen MR) is 50.8 cm³/mol. The number of alkyl halides is 3. The highest BCUT2D eigenvalue weighted by Crippen LogP contribution is 2.19. The Bertz CT molecular complexity index is 167. The molecule has 0 spiro atoms. The molecule has 0 amide bonds. The number of hydrogen-bond acceptors (Lipinski definition) is 2. The molecule has 0 aromatic rings. The van der Waals surface area contributed by atoms with E-state index in [2.05, 4.69) is 11.9 Å². The molecule has 0 aromatic carbocycles. The van der Waals surface area contributed by atoms with Gasteiger partial charge in [0, 0.05) is 12.3 Å². The maximum atomic E-state index is 11.9. The highest BCUT2D eigenvalue weighted by Gasteiger charge is 2.35. The van der Waals surface area contributed by atoms with Gasteiger partial charge in [-0.05, 0) is 18.8 Å². The van der Waals surface area contributed by atoms with E-state index in [1.807, 2.05) is 6.92 Å². The van der Waals surface area contributed by atoms with Crippen LogP contribution in [0.3, 0.4) is 0 Å². The van der Waals surface area contributed by atoms with Crippen LogP contribution >= 0.6 is 11.8 Å². The minimum absolute atomic E-state index is 0.345. The van der Waals surface area contributed by atoms with E-state index in [0.717, 1.165) is 11.8 Å². The van der Waals surface area contributed by atoms with Crippen LogP contribution in [0.4, 0.5) is 13.2 Å². The molecule has 5 heteroatoms. The Morgan fingerprint density at radius 3 is 2.46 bits per heavy atom. The van der Waals surface area contributed by atoms with E-state index in [1.54, 1.807) is 0 Å². The SMILES string of the molecule is C=C(C)SCCNC(C)C(F)(F)F. The second-order valence-electron chi connectivity index (χ2n) is 2.77. The van der Waals surface area contributed by atoms with Gasteiger partial charge in [-0.15, -0.1) is 11.8 Å². The van der Waals surface area contributed by atoms with Gasteiger partial charge < -0.3 is 5.32 Å². The third kappa shape index (κ3) is 6.95. The molecule has 13 heavy (non-hydrogen) atoms. The summed E-state index contributed by atoms with van der Waals surface area (Å²) in [6.45, 7) is 6.93. The monoisotopic (exact) mass is 213 g/mol. The summed E-state index contributed by atoms with van der Waals surface area (Å²) < 4.78 is 35.8. The molecule has 1 unspecified atom stereocenters. The average molecular weight is 213 g/mol. The summed E-state index contributed by atoms with van der Waals surface area (Å²) in [5, 5.41) is 2.39. The van der Waals surface area contributed by atoms with Crippen molar-refractivity contribution in [3.05, 3.63) is 11.5 Å². The summed E-state index contributed by atoms with van der Waals surface area (Å²) >= 11 is 1.46. The Morgan fingerprint density at radius 2 is 2.08 bits per heavy atom. The molecule has 1 atom stereocenters. The van der Waals surface area contributed by atoms with Gasteiger partial charge in [-0.3, -0.25) is 0 Å². The summed E-state index contributed by atoms with van der Waals surface area (Å²) in [5.41, 5.74) is 0. The fourth-order valence-electron chi connectivity index (χ4n) is 0.616. The summed E-state index contributed by atoms with van der Waals surface area (Å²) in [7, 11) is 0. The highest BCUT2D eigenvalue weighted by atomic mass is 32.2. The summed E-state index contributed by atoms with van der Waals surface area (Å²) in [4.78, 5) is 0.918. The van der Waals surface area contributed by atoms with Crippen molar-refractivity contribution in [2.24, 2.45) is 0 Å². The van der Waals surface area contributed by atoms with E-state index in [1.165, 1.54) is 11.8 Å². The van der Waals surface area contributed by atoms with Crippen molar-refractivity contribution in [1.82, 2.24) is 5.32 Å². The first-order valence-corrected chi connectivity index (χ1v) is 4.91. The maximum absolute atomic E-state index is 11.9. The van der Waals surface area contributed by atoms with Gasteiger partial charge in [-0.2, -0.15) is 13.2 Å².